The van der Waals surface area contributed by atoms with Crippen LogP contribution in [0.15, 0.2) is 0 Å². The molecule has 1 rings (SSSR count). The predicted octanol–water partition coefficient (Wildman–Crippen LogP) is 0.849. The second kappa shape index (κ2) is 4.21. The molecule has 0 unspecified atom stereocenters. The van der Waals surface area contributed by atoms with Crippen LogP contribution in [0, 0.1) is 0 Å². The van der Waals surface area contributed by atoms with Gasteiger partial charge in [-0.1, -0.05) is 6.92 Å². The number of aliphatic carboxylic acids is 1. The molecule has 0 spiro atoms. The molecule has 16 heavy (non-hydrogen) atoms. The molecule has 0 aromatic rings. The number of halogens is 3. The van der Waals surface area contributed by atoms with Gasteiger partial charge in [-0.25, -0.2) is 0 Å². The van der Waals surface area contributed by atoms with Crippen LogP contribution >= 0.6 is 0 Å². The van der Waals surface area contributed by atoms with Crippen LogP contribution in [-0.4, -0.2) is 52.0 Å². The van der Waals surface area contributed by atoms with E-state index >= 15 is 0 Å². The van der Waals surface area contributed by atoms with Gasteiger partial charge in [-0.3, -0.25) is 9.69 Å². The number of rotatable bonds is 3. The minimum atomic E-state index is -4.71. The quantitative estimate of drug-likeness (QED) is 0.769. The normalized spacial score (nSPS) is 29.3. The van der Waals surface area contributed by atoms with Crippen molar-refractivity contribution in [2.45, 2.75) is 37.6 Å². The number of nitrogens with zero attached hydrogens (tertiary/aromatic N) is 1. The topological polar surface area (TPSA) is 60.8 Å². The monoisotopic (exact) mass is 241 g/mol. The lowest BCUT2D eigenvalue weighted by Gasteiger charge is -2.28. The Kier molecular flexibility index (Phi) is 3.49. The number of carboxylic acid groups (broad SMARTS) is 1. The predicted molar refractivity (Wildman–Crippen MR) is 48.9 cm³/mol. The molecule has 94 valence electrons. The van der Waals surface area contributed by atoms with Crippen molar-refractivity contribution in [2.24, 2.45) is 0 Å². The number of carboxylic acids is 1. The summed E-state index contributed by atoms with van der Waals surface area (Å²) >= 11 is 0. The average molecular weight is 241 g/mol. The van der Waals surface area contributed by atoms with E-state index in [2.05, 4.69) is 0 Å². The lowest BCUT2D eigenvalue weighted by atomic mass is 10.0. The fourth-order valence-electron chi connectivity index (χ4n) is 1.91. The van der Waals surface area contributed by atoms with Gasteiger partial charge in [0.15, 0.2) is 5.60 Å². The summed E-state index contributed by atoms with van der Waals surface area (Å²) in [5.41, 5.74) is -2.77. The van der Waals surface area contributed by atoms with Crippen molar-refractivity contribution in [2.75, 3.05) is 13.1 Å². The Morgan fingerprint density at radius 3 is 2.44 bits per heavy atom. The van der Waals surface area contributed by atoms with Gasteiger partial charge in [-0.2, -0.15) is 13.2 Å². The second-order valence-corrected chi connectivity index (χ2v) is 4.01. The van der Waals surface area contributed by atoms with E-state index in [1.165, 1.54) is 0 Å². The highest BCUT2D eigenvalue weighted by atomic mass is 19.4. The molecule has 2 atom stereocenters. The molecule has 0 saturated carbocycles. The molecule has 0 radical (unpaired) electrons. The molecule has 1 fully saturated rings. The van der Waals surface area contributed by atoms with Gasteiger partial charge in [0.25, 0.3) is 0 Å². The van der Waals surface area contributed by atoms with E-state index in [0.717, 1.165) is 4.90 Å². The van der Waals surface area contributed by atoms with E-state index < -0.39 is 36.8 Å². The van der Waals surface area contributed by atoms with E-state index in [4.69, 9.17) is 5.11 Å². The summed E-state index contributed by atoms with van der Waals surface area (Å²) < 4.78 is 37.4. The minimum absolute atomic E-state index is 0.0547. The zero-order chi connectivity index (χ0) is 12.6. The van der Waals surface area contributed by atoms with Gasteiger partial charge < -0.3 is 10.2 Å². The maximum Gasteiger partial charge on any atom is 0.418 e. The van der Waals surface area contributed by atoms with E-state index in [-0.39, 0.29) is 13.0 Å². The number of carbonyl (C=O) groups is 1. The Balaban J connectivity index is 2.75. The molecule has 7 heteroatoms. The van der Waals surface area contributed by atoms with Gasteiger partial charge in [0.05, 0.1) is 0 Å². The molecule has 1 aliphatic heterocycles. The Labute approximate surface area is 90.7 Å². The van der Waals surface area contributed by atoms with Crippen molar-refractivity contribution in [3.63, 3.8) is 0 Å². The number of aliphatic hydroxyl groups is 1. The fourth-order valence-corrected chi connectivity index (χ4v) is 1.91. The second-order valence-electron chi connectivity index (χ2n) is 4.01. The molecular weight excluding hydrogens is 227 g/mol. The highest BCUT2D eigenvalue weighted by Crippen LogP contribution is 2.38. The van der Waals surface area contributed by atoms with Crippen LogP contribution in [0.4, 0.5) is 13.2 Å². The van der Waals surface area contributed by atoms with E-state index in [0.29, 0.717) is 0 Å². The number of hydrogen-bond donors (Lipinski definition) is 2. The lowest BCUT2D eigenvalue weighted by Crippen LogP contribution is -2.49. The van der Waals surface area contributed by atoms with Crippen molar-refractivity contribution >= 4 is 5.97 Å². The van der Waals surface area contributed by atoms with Crippen LogP contribution in [-0.2, 0) is 4.79 Å². The maximum absolute atomic E-state index is 12.5. The van der Waals surface area contributed by atoms with Crippen molar-refractivity contribution < 1.29 is 28.2 Å². The average Bonchev–Trinajstić information content (AvgIpc) is 2.49. The molecule has 2 N–H and O–H groups in total. The summed E-state index contributed by atoms with van der Waals surface area (Å²) in [6.45, 7) is 0.867. The van der Waals surface area contributed by atoms with Gasteiger partial charge in [0, 0.05) is 13.1 Å². The first kappa shape index (κ1) is 13.2. The molecule has 0 bridgehead atoms. The Morgan fingerprint density at radius 1 is 1.56 bits per heavy atom. The van der Waals surface area contributed by atoms with Crippen LogP contribution in [0.3, 0.4) is 0 Å². The first-order valence-corrected chi connectivity index (χ1v) is 4.97. The molecule has 4 nitrogen and oxygen atoms in total. The largest absolute Gasteiger partial charge is 0.480 e. The molecular formula is C9H14F3NO3. The van der Waals surface area contributed by atoms with E-state index in [9.17, 15) is 23.1 Å². The zero-order valence-corrected chi connectivity index (χ0v) is 8.79. The van der Waals surface area contributed by atoms with Crippen LogP contribution in [0.1, 0.15) is 19.8 Å². The van der Waals surface area contributed by atoms with Gasteiger partial charge in [0.1, 0.15) is 6.04 Å². The van der Waals surface area contributed by atoms with Crippen LogP contribution < -0.4 is 0 Å². The molecule has 1 saturated heterocycles. The van der Waals surface area contributed by atoms with Crippen molar-refractivity contribution in [1.29, 1.82) is 0 Å². The summed E-state index contributed by atoms with van der Waals surface area (Å²) in [5.74, 6) is -1.16. The first-order chi connectivity index (χ1) is 7.21. The van der Waals surface area contributed by atoms with Crippen LogP contribution in [0.2, 0.25) is 0 Å². The Hall–Kier alpha value is -0.820. The molecule has 0 amide bonds. The SMILES string of the molecule is CC[C@@H](C(=O)O)N1CC[C@@](O)(C(F)(F)F)C1. The van der Waals surface area contributed by atoms with Gasteiger partial charge >= 0.3 is 12.1 Å². The van der Waals surface area contributed by atoms with Crippen molar-refractivity contribution in [3.05, 3.63) is 0 Å². The summed E-state index contributed by atoms with van der Waals surface area (Å²) in [6.07, 6.45) is -4.97. The number of hydrogen-bond acceptors (Lipinski definition) is 3. The number of likely N-dealkylation sites (tertiary alicyclic amines) is 1. The molecule has 0 aromatic carbocycles. The molecule has 0 aliphatic carbocycles. The third-order valence-electron chi connectivity index (χ3n) is 2.92. The van der Waals surface area contributed by atoms with Crippen LogP contribution in [0.25, 0.3) is 0 Å². The summed E-state index contributed by atoms with van der Waals surface area (Å²) in [6, 6.07) is -0.962. The van der Waals surface area contributed by atoms with Crippen molar-refractivity contribution in [1.82, 2.24) is 4.90 Å². The Morgan fingerprint density at radius 2 is 2.12 bits per heavy atom. The van der Waals surface area contributed by atoms with Crippen molar-refractivity contribution in [3.8, 4) is 0 Å². The number of alkyl halides is 3. The Bertz CT molecular complexity index is 282. The smallest absolute Gasteiger partial charge is 0.418 e. The third-order valence-corrected chi connectivity index (χ3v) is 2.92. The van der Waals surface area contributed by atoms with Gasteiger partial charge in [-0.15, -0.1) is 0 Å². The highest BCUT2D eigenvalue weighted by Gasteiger charge is 2.58. The zero-order valence-electron chi connectivity index (χ0n) is 8.79. The summed E-state index contributed by atoms with van der Waals surface area (Å²) in [7, 11) is 0. The van der Waals surface area contributed by atoms with Crippen LogP contribution in [0.5, 0.6) is 0 Å². The summed E-state index contributed by atoms with van der Waals surface area (Å²) in [5, 5.41) is 18.2. The maximum atomic E-state index is 12.5. The highest BCUT2D eigenvalue weighted by molar-refractivity contribution is 5.73. The molecule has 1 aliphatic rings. The van der Waals surface area contributed by atoms with E-state index in [1.54, 1.807) is 6.92 Å². The first-order valence-electron chi connectivity index (χ1n) is 4.97. The standard InChI is InChI=1S/C9H14F3NO3/c1-2-6(7(14)15)13-4-3-8(16,5-13)9(10,11)12/h6,16H,2-5H2,1H3,(H,14,15)/t6-,8-/m0/s1. The van der Waals surface area contributed by atoms with Gasteiger partial charge in [-0.05, 0) is 12.8 Å². The molecule has 1 heterocycles. The minimum Gasteiger partial charge on any atom is -0.480 e. The van der Waals surface area contributed by atoms with Gasteiger partial charge in [0.2, 0.25) is 0 Å². The molecule has 0 aromatic heterocycles. The summed E-state index contributed by atoms with van der Waals surface area (Å²) in [4.78, 5) is 11.9. The third kappa shape index (κ3) is 2.30. The fraction of sp³-hybridized carbons (Fsp3) is 0.889. The van der Waals surface area contributed by atoms with E-state index in [1.807, 2.05) is 0 Å². The lowest BCUT2D eigenvalue weighted by molar-refractivity contribution is -0.254. The number of β-amino-alcohol motifs (C(OH)–C–C–N with tert-alkyl or cyclic N) is 1.